The van der Waals surface area contributed by atoms with Crippen LogP contribution < -0.4 is 5.32 Å². The van der Waals surface area contributed by atoms with Gasteiger partial charge in [-0.3, -0.25) is 0 Å². The third kappa shape index (κ3) is 31.7. The standard InChI is InChI=1S/C25H50INO9/c1-25(2,3)36-24(28)27-9-11-30-13-15-32-17-19-34-21-23-35-22-20-33-18-16-31-14-12-29-10-7-5-4-6-8-26/h4-23H2,1-3H3,(H,27,28). The van der Waals surface area contributed by atoms with Gasteiger partial charge in [-0.05, 0) is 38.0 Å². The van der Waals surface area contributed by atoms with Crippen molar-refractivity contribution in [1.82, 2.24) is 5.32 Å². The Bertz CT molecular complexity index is 467. The van der Waals surface area contributed by atoms with E-state index in [0.717, 1.165) is 13.0 Å². The number of ether oxygens (including phenoxy) is 8. The van der Waals surface area contributed by atoms with Crippen LogP contribution in [0.3, 0.4) is 0 Å². The zero-order chi connectivity index (χ0) is 26.6. The average Bonchev–Trinajstić information content (AvgIpc) is 2.82. The minimum atomic E-state index is -0.500. The first-order valence-corrected chi connectivity index (χ1v) is 14.6. The van der Waals surface area contributed by atoms with Crippen molar-refractivity contribution in [2.24, 2.45) is 0 Å². The predicted octanol–water partition coefficient (Wildman–Crippen LogP) is 3.62. The molecule has 0 saturated carbocycles. The number of alkyl halides is 1. The van der Waals surface area contributed by atoms with Crippen LogP contribution in [0.15, 0.2) is 0 Å². The Balaban J connectivity index is 3.09. The molecule has 0 aliphatic rings. The lowest BCUT2D eigenvalue weighted by atomic mass is 10.2. The summed E-state index contributed by atoms with van der Waals surface area (Å²) in [6, 6.07) is 0. The molecular formula is C25H50INO9. The molecule has 0 unspecified atom stereocenters. The second-order valence-corrected chi connectivity index (χ2v) is 9.90. The first-order chi connectivity index (χ1) is 17.5. The molecule has 0 atom stereocenters. The highest BCUT2D eigenvalue weighted by Gasteiger charge is 2.15. The van der Waals surface area contributed by atoms with Gasteiger partial charge in [0, 0.05) is 13.2 Å². The van der Waals surface area contributed by atoms with E-state index >= 15 is 0 Å². The molecule has 36 heavy (non-hydrogen) atoms. The Morgan fingerprint density at radius 1 is 0.556 bits per heavy atom. The highest BCUT2D eigenvalue weighted by Crippen LogP contribution is 2.06. The van der Waals surface area contributed by atoms with Crippen LogP contribution in [-0.2, 0) is 37.9 Å². The van der Waals surface area contributed by atoms with Crippen LogP contribution in [0.2, 0.25) is 0 Å². The van der Waals surface area contributed by atoms with E-state index in [1.165, 1.54) is 23.7 Å². The maximum absolute atomic E-state index is 11.5. The van der Waals surface area contributed by atoms with E-state index in [4.69, 9.17) is 37.9 Å². The average molecular weight is 636 g/mol. The summed E-state index contributed by atoms with van der Waals surface area (Å²) in [7, 11) is 0. The third-order valence-corrected chi connectivity index (χ3v) is 5.08. The Morgan fingerprint density at radius 3 is 1.31 bits per heavy atom. The van der Waals surface area contributed by atoms with Crippen molar-refractivity contribution in [1.29, 1.82) is 0 Å². The van der Waals surface area contributed by atoms with E-state index < -0.39 is 11.7 Å². The molecule has 0 aliphatic carbocycles. The van der Waals surface area contributed by atoms with Gasteiger partial charge in [0.05, 0.1) is 85.9 Å². The molecule has 10 nitrogen and oxygen atoms in total. The summed E-state index contributed by atoms with van der Waals surface area (Å²) in [5, 5.41) is 2.63. The maximum Gasteiger partial charge on any atom is 0.407 e. The number of carbonyl (C=O) groups is 1. The highest BCUT2D eigenvalue weighted by molar-refractivity contribution is 14.1. The molecule has 0 bridgehead atoms. The van der Waals surface area contributed by atoms with Crippen molar-refractivity contribution >= 4 is 28.7 Å². The van der Waals surface area contributed by atoms with Crippen molar-refractivity contribution in [2.75, 3.05) is 103 Å². The smallest absolute Gasteiger partial charge is 0.407 e. The SMILES string of the molecule is CC(C)(C)OC(=O)NCCOCCOCCOCCOCCOCCOCCOCCCCCCI. The number of nitrogens with one attached hydrogen (secondary N) is 1. The third-order valence-electron chi connectivity index (χ3n) is 4.32. The summed E-state index contributed by atoms with van der Waals surface area (Å²) in [6.45, 7) is 13.5. The van der Waals surface area contributed by atoms with Crippen LogP contribution in [0.5, 0.6) is 0 Å². The summed E-state index contributed by atoms with van der Waals surface area (Å²) < 4.78 is 44.5. The van der Waals surface area contributed by atoms with Gasteiger partial charge in [-0.15, -0.1) is 0 Å². The van der Waals surface area contributed by atoms with E-state index in [-0.39, 0.29) is 0 Å². The zero-order valence-corrected chi connectivity index (χ0v) is 24.9. The number of amides is 1. The van der Waals surface area contributed by atoms with Crippen molar-refractivity contribution in [3.8, 4) is 0 Å². The first-order valence-electron chi connectivity index (χ1n) is 13.0. The minimum Gasteiger partial charge on any atom is -0.444 e. The summed E-state index contributed by atoms with van der Waals surface area (Å²) in [6.07, 6.45) is 4.53. The molecular weight excluding hydrogens is 585 g/mol. The number of hydrogen-bond acceptors (Lipinski definition) is 9. The minimum absolute atomic E-state index is 0.394. The Labute approximate surface area is 231 Å². The van der Waals surface area contributed by atoms with Gasteiger partial charge < -0.3 is 43.2 Å². The van der Waals surface area contributed by atoms with E-state index in [1.54, 1.807) is 0 Å². The van der Waals surface area contributed by atoms with Crippen LogP contribution in [0.4, 0.5) is 4.79 Å². The molecule has 0 rings (SSSR count). The van der Waals surface area contributed by atoms with Crippen LogP contribution in [0.25, 0.3) is 0 Å². The molecule has 11 heteroatoms. The molecule has 0 aromatic heterocycles. The van der Waals surface area contributed by atoms with E-state index in [2.05, 4.69) is 27.9 Å². The van der Waals surface area contributed by atoms with Crippen LogP contribution in [-0.4, -0.2) is 115 Å². The summed E-state index contributed by atoms with van der Waals surface area (Å²) in [5.74, 6) is 0. The molecule has 0 aliphatic heterocycles. The lowest BCUT2D eigenvalue weighted by molar-refractivity contribution is -0.0205. The van der Waals surface area contributed by atoms with Crippen molar-refractivity contribution < 1.29 is 42.7 Å². The van der Waals surface area contributed by atoms with Gasteiger partial charge >= 0.3 is 6.09 Å². The number of hydrogen-bond donors (Lipinski definition) is 1. The van der Waals surface area contributed by atoms with Gasteiger partial charge in [0.1, 0.15) is 5.60 Å². The van der Waals surface area contributed by atoms with Gasteiger partial charge in [0.2, 0.25) is 0 Å². The summed E-state index contributed by atoms with van der Waals surface area (Å²) in [4.78, 5) is 11.5. The van der Waals surface area contributed by atoms with Crippen molar-refractivity contribution in [3.63, 3.8) is 0 Å². The zero-order valence-electron chi connectivity index (χ0n) is 22.7. The predicted molar refractivity (Wildman–Crippen MR) is 147 cm³/mol. The molecule has 1 N–H and O–H groups in total. The molecule has 1 amide bonds. The van der Waals surface area contributed by atoms with Gasteiger partial charge in [0.25, 0.3) is 0 Å². The second kappa shape index (κ2) is 27.7. The molecule has 0 heterocycles. The van der Waals surface area contributed by atoms with Crippen molar-refractivity contribution in [2.45, 2.75) is 52.1 Å². The van der Waals surface area contributed by atoms with Gasteiger partial charge in [0.15, 0.2) is 0 Å². The number of unbranched alkanes of at least 4 members (excludes halogenated alkanes) is 3. The van der Waals surface area contributed by atoms with Gasteiger partial charge in [-0.1, -0.05) is 35.4 Å². The molecule has 0 radical (unpaired) electrons. The monoisotopic (exact) mass is 635 g/mol. The Kier molecular flexibility index (Phi) is 27.5. The largest absolute Gasteiger partial charge is 0.444 e. The highest BCUT2D eigenvalue weighted by atomic mass is 127. The Morgan fingerprint density at radius 2 is 0.917 bits per heavy atom. The fraction of sp³-hybridized carbons (Fsp3) is 0.960. The summed E-state index contributed by atoms with van der Waals surface area (Å²) >= 11 is 2.42. The Hall–Kier alpha value is -0.280. The molecule has 0 aromatic rings. The quantitative estimate of drug-likeness (QED) is 0.0824. The molecule has 0 fully saturated rings. The van der Waals surface area contributed by atoms with Crippen LogP contribution >= 0.6 is 22.6 Å². The maximum atomic E-state index is 11.5. The number of rotatable bonds is 27. The fourth-order valence-corrected chi connectivity index (χ4v) is 3.15. The first kappa shape index (κ1) is 35.7. The van der Waals surface area contributed by atoms with Crippen LogP contribution in [0, 0.1) is 0 Å². The molecule has 0 spiro atoms. The second-order valence-electron chi connectivity index (χ2n) is 8.82. The fourth-order valence-electron chi connectivity index (χ4n) is 2.61. The number of carbonyl (C=O) groups excluding carboxylic acids is 1. The normalized spacial score (nSPS) is 11.7. The van der Waals surface area contributed by atoms with Gasteiger partial charge in [-0.25, -0.2) is 4.79 Å². The molecule has 0 saturated heterocycles. The topological polar surface area (TPSA) is 103 Å². The lowest BCUT2D eigenvalue weighted by Gasteiger charge is -2.19. The number of halogens is 1. The van der Waals surface area contributed by atoms with Crippen molar-refractivity contribution in [3.05, 3.63) is 0 Å². The number of alkyl carbamates (subject to hydrolysis) is 1. The van der Waals surface area contributed by atoms with E-state index in [1.807, 2.05) is 20.8 Å². The van der Waals surface area contributed by atoms with Gasteiger partial charge in [-0.2, -0.15) is 0 Å². The van der Waals surface area contributed by atoms with E-state index in [9.17, 15) is 4.79 Å². The summed E-state index contributed by atoms with van der Waals surface area (Å²) in [5.41, 5.74) is -0.500. The lowest BCUT2D eigenvalue weighted by Crippen LogP contribution is -2.34. The molecule has 0 aromatic carbocycles. The molecule has 216 valence electrons. The van der Waals surface area contributed by atoms with Crippen LogP contribution in [0.1, 0.15) is 46.5 Å². The van der Waals surface area contributed by atoms with E-state index in [0.29, 0.717) is 92.4 Å².